The zero-order valence-corrected chi connectivity index (χ0v) is 13.2. The van der Waals surface area contributed by atoms with Gasteiger partial charge >= 0.3 is 0 Å². The Morgan fingerprint density at radius 1 is 1.29 bits per heavy atom. The second-order valence-electron chi connectivity index (χ2n) is 4.96. The van der Waals surface area contributed by atoms with Gasteiger partial charge in [0.25, 0.3) is 0 Å². The molecule has 5 heteroatoms. The quantitative estimate of drug-likeness (QED) is 0.870. The summed E-state index contributed by atoms with van der Waals surface area (Å²) in [5, 5.41) is 3.16. The maximum Gasteiger partial charge on any atom is 0.242 e. The third-order valence-electron chi connectivity index (χ3n) is 3.48. The van der Waals surface area contributed by atoms with Gasteiger partial charge in [0.1, 0.15) is 11.4 Å². The van der Waals surface area contributed by atoms with E-state index in [-0.39, 0.29) is 5.82 Å². The molecule has 0 aromatic heterocycles. The molecule has 0 fully saturated rings. The highest BCUT2D eigenvalue weighted by molar-refractivity contribution is 9.10. The first-order valence-electron chi connectivity index (χ1n) is 6.48. The van der Waals surface area contributed by atoms with Gasteiger partial charge in [0.15, 0.2) is 0 Å². The number of amides is 1. The number of primary amides is 1. The molecule has 0 saturated carbocycles. The van der Waals surface area contributed by atoms with Crippen molar-refractivity contribution in [2.24, 2.45) is 5.73 Å². The molecule has 1 unspecified atom stereocenters. The molecule has 2 rings (SSSR count). The molecule has 110 valence electrons. The predicted octanol–water partition coefficient (Wildman–Crippen LogP) is 3.08. The SMILES string of the molecule is CC(NCc1ccccc1)(C(N)=O)c1ccc(F)c(Br)c1. The molecule has 0 aliphatic heterocycles. The van der Waals surface area contributed by atoms with Gasteiger partial charge in [-0.05, 0) is 46.1 Å². The number of rotatable bonds is 5. The zero-order chi connectivity index (χ0) is 15.5. The number of benzene rings is 2. The van der Waals surface area contributed by atoms with Gasteiger partial charge in [0, 0.05) is 6.54 Å². The lowest BCUT2D eigenvalue weighted by Crippen LogP contribution is -2.50. The maximum atomic E-state index is 13.4. The lowest BCUT2D eigenvalue weighted by atomic mass is 9.91. The lowest BCUT2D eigenvalue weighted by Gasteiger charge is -2.28. The molecule has 3 nitrogen and oxygen atoms in total. The number of nitrogens with one attached hydrogen (secondary N) is 1. The minimum absolute atomic E-state index is 0.300. The standard InChI is InChI=1S/C16H16BrFN2O/c1-16(15(19)21,12-7-8-14(18)13(17)9-12)20-10-11-5-3-2-4-6-11/h2-9,20H,10H2,1H3,(H2,19,21). The van der Waals surface area contributed by atoms with Gasteiger partial charge in [-0.15, -0.1) is 0 Å². The Hall–Kier alpha value is -1.72. The van der Waals surface area contributed by atoms with Crippen LogP contribution in [0.5, 0.6) is 0 Å². The molecule has 1 atom stereocenters. The van der Waals surface area contributed by atoms with E-state index >= 15 is 0 Å². The van der Waals surface area contributed by atoms with Crippen LogP contribution in [-0.4, -0.2) is 5.91 Å². The van der Waals surface area contributed by atoms with Crippen LogP contribution >= 0.6 is 15.9 Å². The minimum atomic E-state index is -1.08. The number of carbonyl (C=O) groups excluding carboxylic acids is 1. The molecule has 0 aliphatic rings. The summed E-state index contributed by atoms with van der Waals surface area (Å²) in [5.41, 5.74) is 6.11. The Kier molecular flexibility index (Phi) is 4.75. The first-order valence-corrected chi connectivity index (χ1v) is 7.27. The Balaban J connectivity index is 2.27. The number of halogens is 2. The van der Waals surface area contributed by atoms with E-state index in [4.69, 9.17) is 5.73 Å². The van der Waals surface area contributed by atoms with Gasteiger partial charge in [-0.1, -0.05) is 36.4 Å². The normalized spacial score (nSPS) is 13.7. The molecule has 0 bridgehead atoms. The molecule has 0 aliphatic carbocycles. The largest absolute Gasteiger partial charge is 0.368 e. The maximum absolute atomic E-state index is 13.4. The van der Waals surface area contributed by atoms with Crippen molar-refractivity contribution in [1.29, 1.82) is 0 Å². The van der Waals surface area contributed by atoms with Crippen molar-refractivity contribution < 1.29 is 9.18 Å². The summed E-state index contributed by atoms with van der Waals surface area (Å²) < 4.78 is 13.7. The van der Waals surface area contributed by atoms with E-state index in [1.54, 1.807) is 19.1 Å². The molecule has 2 aromatic rings. The summed E-state index contributed by atoms with van der Waals surface area (Å²) in [6.45, 7) is 2.17. The van der Waals surface area contributed by atoms with E-state index in [0.29, 0.717) is 16.6 Å². The molecule has 21 heavy (non-hydrogen) atoms. The van der Waals surface area contributed by atoms with Gasteiger partial charge in [-0.2, -0.15) is 0 Å². The van der Waals surface area contributed by atoms with Crippen LogP contribution < -0.4 is 11.1 Å². The molecule has 2 aromatic carbocycles. The topological polar surface area (TPSA) is 55.1 Å². The molecule has 0 spiro atoms. The second kappa shape index (κ2) is 6.37. The highest BCUT2D eigenvalue weighted by Gasteiger charge is 2.33. The molecule has 3 N–H and O–H groups in total. The van der Waals surface area contributed by atoms with Gasteiger partial charge in [-0.25, -0.2) is 4.39 Å². The van der Waals surface area contributed by atoms with Crippen LogP contribution in [0.3, 0.4) is 0 Å². The van der Waals surface area contributed by atoms with Crippen LogP contribution in [-0.2, 0) is 16.9 Å². The van der Waals surface area contributed by atoms with E-state index in [9.17, 15) is 9.18 Å². The third kappa shape index (κ3) is 3.49. The van der Waals surface area contributed by atoms with Crippen molar-refractivity contribution in [3.8, 4) is 0 Å². The molecule has 0 saturated heterocycles. The molecule has 0 heterocycles. The lowest BCUT2D eigenvalue weighted by molar-refractivity contribution is -0.124. The van der Waals surface area contributed by atoms with Crippen molar-refractivity contribution >= 4 is 21.8 Å². The summed E-state index contributed by atoms with van der Waals surface area (Å²) in [5.74, 6) is -0.898. The predicted molar refractivity (Wildman–Crippen MR) is 83.9 cm³/mol. The fourth-order valence-corrected chi connectivity index (χ4v) is 2.39. The zero-order valence-electron chi connectivity index (χ0n) is 11.6. The summed E-state index contributed by atoms with van der Waals surface area (Å²) in [6, 6.07) is 14.1. The van der Waals surface area contributed by atoms with Crippen LogP contribution in [0, 0.1) is 5.82 Å². The Morgan fingerprint density at radius 3 is 2.52 bits per heavy atom. The van der Waals surface area contributed by atoms with Gasteiger partial charge in [-0.3, -0.25) is 10.1 Å². The fourth-order valence-electron chi connectivity index (χ4n) is 2.01. The number of hydrogen-bond acceptors (Lipinski definition) is 2. The van der Waals surface area contributed by atoms with Gasteiger partial charge < -0.3 is 5.73 Å². The molecule has 1 amide bonds. The van der Waals surface area contributed by atoms with Gasteiger partial charge in [0.05, 0.1) is 4.47 Å². The summed E-state index contributed by atoms with van der Waals surface area (Å²) in [4.78, 5) is 11.9. The monoisotopic (exact) mass is 350 g/mol. The van der Waals surface area contributed by atoms with Crippen LogP contribution in [0.25, 0.3) is 0 Å². The van der Waals surface area contributed by atoms with Crippen LogP contribution in [0.2, 0.25) is 0 Å². The van der Waals surface area contributed by atoms with Crippen LogP contribution in [0.1, 0.15) is 18.1 Å². The number of carbonyl (C=O) groups is 1. The van der Waals surface area contributed by atoms with Crippen molar-refractivity contribution in [3.05, 3.63) is 69.9 Å². The Morgan fingerprint density at radius 2 is 1.95 bits per heavy atom. The van der Waals surface area contributed by atoms with E-state index in [1.807, 2.05) is 30.3 Å². The smallest absolute Gasteiger partial charge is 0.242 e. The molecule has 0 radical (unpaired) electrons. The first-order chi connectivity index (χ1) is 9.93. The Labute approximate surface area is 131 Å². The second-order valence-corrected chi connectivity index (χ2v) is 5.81. The Bertz CT molecular complexity index is 648. The summed E-state index contributed by atoms with van der Waals surface area (Å²) in [7, 11) is 0. The number of hydrogen-bond donors (Lipinski definition) is 2. The average Bonchev–Trinajstić information content (AvgIpc) is 2.48. The van der Waals surface area contributed by atoms with Crippen LogP contribution in [0.15, 0.2) is 53.0 Å². The van der Waals surface area contributed by atoms with Crippen LogP contribution in [0.4, 0.5) is 4.39 Å². The van der Waals surface area contributed by atoms with E-state index in [2.05, 4.69) is 21.2 Å². The number of nitrogens with two attached hydrogens (primary N) is 1. The molecular weight excluding hydrogens is 335 g/mol. The third-order valence-corrected chi connectivity index (χ3v) is 4.09. The van der Waals surface area contributed by atoms with Crippen molar-refractivity contribution in [3.63, 3.8) is 0 Å². The fraction of sp³-hybridized carbons (Fsp3) is 0.188. The van der Waals surface area contributed by atoms with E-state index in [0.717, 1.165) is 5.56 Å². The minimum Gasteiger partial charge on any atom is -0.368 e. The van der Waals surface area contributed by atoms with E-state index in [1.165, 1.54) is 6.07 Å². The van der Waals surface area contributed by atoms with Crippen molar-refractivity contribution in [2.75, 3.05) is 0 Å². The highest BCUT2D eigenvalue weighted by atomic mass is 79.9. The first kappa shape index (κ1) is 15.7. The highest BCUT2D eigenvalue weighted by Crippen LogP contribution is 2.26. The van der Waals surface area contributed by atoms with Crippen molar-refractivity contribution in [1.82, 2.24) is 5.32 Å². The average molecular weight is 351 g/mol. The summed E-state index contributed by atoms with van der Waals surface area (Å²) >= 11 is 3.13. The van der Waals surface area contributed by atoms with Gasteiger partial charge in [0.2, 0.25) is 5.91 Å². The van der Waals surface area contributed by atoms with Crippen molar-refractivity contribution in [2.45, 2.75) is 19.0 Å². The summed E-state index contributed by atoms with van der Waals surface area (Å²) in [6.07, 6.45) is 0. The molecular formula is C16H16BrFN2O. The van der Waals surface area contributed by atoms with E-state index < -0.39 is 11.4 Å².